The molecule has 2 heterocycles. The Kier molecular flexibility index (Phi) is 6.25. The molecule has 0 spiro atoms. The molecule has 0 radical (unpaired) electrons. The van der Waals surface area contributed by atoms with Crippen molar-refractivity contribution in [3.8, 4) is 0 Å². The van der Waals surface area contributed by atoms with E-state index in [-0.39, 0.29) is 47.1 Å². The second-order valence-electron chi connectivity index (χ2n) is 6.14. The topological polar surface area (TPSA) is 94.5 Å². The second kappa shape index (κ2) is 7.82. The minimum atomic E-state index is -1.10. The van der Waals surface area contributed by atoms with Crippen LogP contribution < -0.4 is 45.5 Å². The summed E-state index contributed by atoms with van der Waals surface area (Å²) in [5, 5.41) is 14.1. The minimum Gasteiger partial charge on any atom is -0.548 e. The molecule has 1 aromatic heterocycles. The predicted octanol–water partition coefficient (Wildman–Crippen LogP) is -3.44. The number of likely N-dealkylation sites (tertiary alicyclic amines) is 1. The molecule has 124 valence electrons. The number of amides is 1. The van der Waals surface area contributed by atoms with E-state index in [0.29, 0.717) is 25.1 Å². The maximum Gasteiger partial charge on any atom is 1.00 e. The van der Waals surface area contributed by atoms with Crippen molar-refractivity contribution in [1.29, 1.82) is 0 Å². The van der Waals surface area contributed by atoms with Crippen LogP contribution in [0.25, 0.3) is 0 Å². The normalized spacial score (nSPS) is 23.5. The van der Waals surface area contributed by atoms with Gasteiger partial charge in [0.25, 0.3) is 5.56 Å². The standard InChI is InChI=1S/C16H21N3O4.Na/c1-2-18-9-10(3-8-14(18)20)17-15(21)12-6-7-13(16(22)23)19(12)11-4-5-11;/h3,8-9,11-13H,2,4-7H2,1H3,(H,17,21)(H,22,23);/q;+1/p-1. The fraction of sp³-hybridized carbons (Fsp3) is 0.562. The molecule has 1 aliphatic heterocycles. The Balaban J connectivity index is 0.00000208. The van der Waals surface area contributed by atoms with Crippen LogP contribution in [0.2, 0.25) is 0 Å². The summed E-state index contributed by atoms with van der Waals surface area (Å²) in [6.45, 7) is 2.37. The number of nitrogens with one attached hydrogen (secondary N) is 1. The molecule has 1 amide bonds. The molecule has 2 atom stereocenters. The van der Waals surface area contributed by atoms with E-state index in [4.69, 9.17) is 0 Å². The van der Waals surface area contributed by atoms with Gasteiger partial charge in [-0.05, 0) is 38.7 Å². The first-order valence-electron chi connectivity index (χ1n) is 8.01. The number of carbonyl (C=O) groups is 2. The molecular weight excluding hydrogens is 321 g/mol. The number of aryl methyl sites for hydroxylation is 1. The molecule has 2 aliphatic rings. The third kappa shape index (κ3) is 3.91. The van der Waals surface area contributed by atoms with Crippen LogP contribution in [0.4, 0.5) is 5.69 Å². The Hall–Kier alpha value is -1.15. The van der Waals surface area contributed by atoms with Crippen LogP contribution in [0.5, 0.6) is 0 Å². The first kappa shape index (κ1) is 19.2. The van der Waals surface area contributed by atoms with Gasteiger partial charge in [0.05, 0.1) is 23.7 Å². The van der Waals surface area contributed by atoms with Crippen LogP contribution in [-0.2, 0) is 16.1 Å². The summed E-state index contributed by atoms with van der Waals surface area (Å²) in [5.41, 5.74) is 0.423. The molecule has 1 N–H and O–H groups in total. The van der Waals surface area contributed by atoms with Crippen LogP contribution in [-0.4, -0.2) is 39.5 Å². The first-order valence-corrected chi connectivity index (χ1v) is 8.01. The van der Waals surface area contributed by atoms with Gasteiger partial charge in [0.2, 0.25) is 5.91 Å². The predicted molar refractivity (Wildman–Crippen MR) is 81.7 cm³/mol. The molecule has 2 fully saturated rings. The third-order valence-corrected chi connectivity index (χ3v) is 4.57. The zero-order valence-electron chi connectivity index (χ0n) is 14.0. The van der Waals surface area contributed by atoms with Gasteiger partial charge < -0.3 is 19.8 Å². The quantitative estimate of drug-likeness (QED) is 0.562. The van der Waals surface area contributed by atoms with Crippen molar-refractivity contribution >= 4 is 17.6 Å². The smallest absolute Gasteiger partial charge is 0.548 e. The number of pyridine rings is 1. The molecule has 0 aromatic carbocycles. The van der Waals surface area contributed by atoms with E-state index < -0.39 is 18.1 Å². The molecule has 2 unspecified atom stereocenters. The molecular formula is C16H20N3NaO4. The second-order valence-corrected chi connectivity index (χ2v) is 6.14. The molecule has 8 heteroatoms. The summed E-state index contributed by atoms with van der Waals surface area (Å²) < 4.78 is 1.51. The molecule has 3 rings (SSSR count). The zero-order chi connectivity index (χ0) is 16.6. The summed E-state index contributed by atoms with van der Waals surface area (Å²) in [5.74, 6) is -1.33. The number of nitrogens with zero attached hydrogens (tertiary/aromatic N) is 2. The van der Waals surface area contributed by atoms with Crippen molar-refractivity contribution < 1.29 is 44.3 Å². The fourth-order valence-electron chi connectivity index (χ4n) is 3.30. The molecule has 7 nitrogen and oxygen atoms in total. The summed E-state index contributed by atoms with van der Waals surface area (Å²) in [7, 11) is 0. The van der Waals surface area contributed by atoms with Gasteiger partial charge >= 0.3 is 29.6 Å². The van der Waals surface area contributed by atoms with Gasteiger partial charge in [-0.3, -0.25) is 14.5 Å². The molecule has 1 aromatic rings. The van der Waals surface area contributed by atoms with E-state index >= 15 is 0 Å². The monoisotopic (exact) mass is 341 g/mol. The van der Waals surface area contributed by atoms with Crippen LogP contribution in [0.1, 0.15) is 32.6 Å². The summed E-state index contributed by atoms with van der Waals surface area (Å²) >= 11 is 0. The van der Waals surface area contributed by atoms with Gasteiger partial charge in [-0.2, -0.15) is 0 Å². The Bertz CT molecular complexity index is 686. The van der Waals surface area contributed by atoms with Crippen molar-refractivity contribution in [2.45, 2.75) is 57.3 Å². The first-order chi connectivity index (χ1) is 11.0. The maximum absolute atomic E-state index is 12.6. The van der Waals surface area contributed by atoms with Gasteiger partial charge in [-0.15, -0.1) is 0 Å². The maximum atomic E-state index is 12.6. The number of rotatable bonds is 5. The minimum absolute atomic E-state index is 0. The van der Waals surface area contributed by atoms with Crippen LogP contribution in [0.3, 0.4) is 0 Å². The van der Waals surface area contributed by atoms with E-state index in [1.165, 1.54) is 10.6 Å². The van der Waals surface area contributed by atoms with E-state index in [0.717, 1.165) is 12.8 Å². The number of carbonyl (C=O) groups excluding carboxylic acids is 2. The van der Waals surface area contributed by atoms with Gasteiger partial charge in [-0.25, -0.2) is 0 Å². The largest absolute Gasteiger partial charge is 1.00 e. The summed E-state index contributed by atoms with van der Waals surface area (Å²) in [6.07, 6.45) is 4.40. The van der Waals surface area contributed by atoms with Gasteiger partial charge in [0.1, 0.15) is 0 Å². The Morgan fingerprint density at radius 3 is 2.46 bits per heavy atom. The number of aliphatic carboxylic acids is 1. The molecule has 0 bridgehead atoms. The van der Waals surface area contributed by atoms with Crippen LogP contribution in [0, 0.1) is 0 Å². The number of anilines is 1. The van der Waals surface area contributed by atoms with E-state index in [1.54, 1.807) is 17.2 Å². The van der Waals surface area contributed by atoms with Gasteiger partial charge in [0, 0.05) is 24.8 Å². The summed E-state index contributed by atoms with van der Waals surface area (Å²) in [6, 6.07) is 2.02. The number of carboxylic acid groups (broad SMARTS) is 1. The number of hydrogen-bond acceptors (Lipinski definition) is 5. The Morgan fingerprint density at radius 2 is 1.88 bits per heavy atom. The SMILES string of the molecule is CCn1cc(NC(=O)C2CCC(C(=O)[O-])N2C2CC2)ccc1=O.[Na+]. The molecule has 1 saturated carbocycles. The third-order valence-electron chi connectivity index (χ3n) is 4.57. The Labute approximate surface area is 162 Å². The van der Waals surface area contributed by atoms with E-state index in [2.05, 4.69) is 5.32 Å². The van der Waals surface area contributed by atoms with Crippen LogP contribution in [0.15, 0.2) is 23.1 Å². The van der Waals surface area contributed by atoms with Crippen LogP contribution >= 0.6 is 0 Å². The molecule has 24 heavy (non-hydrogen) atoms. The average Bonchev–Trinajstić information content (AvgIpc) is 3.26. The van der Waals surface area contributed by atoms with Gasteiger partial charge in [0.15, 0.2) is 0 Å². The van der Waals surface area contributed by atoms with E-state index in [1.807, 2.05) is 6.92 Å². The number of carboxylic acids is 1. The molecule has 1 saturated heterocycles. The summed E-state index contributed by atoms with van der Waals surface area (Å²) in [4.78, 5) is 37.2. The molecule has 1 aliphatic carbocycles. The van der Waals surface area contributed by atoms with Gasteiger partial charge in [-0.1, -0.05) is 0 Å². The Morgan fingerprint density at radius 1 is 1.21 bits per heavy atom. The zero-order valence-corrected chi connectivity index (χ0v) is 16.0. The number of hydrogen-bond donors (Lipinski definition) is 1. The van der Waals surface area contributed by atoms with E-state index in [9.17, 15) is 19.5 Å². The average molecular weight is 341 g/mol. The van der Waals surface area contributed by atoms with Crippen molar-refractivity contribution in [2.75, 3.05) is 5.32 Å². The van der Waals surface area contributed by atoms with Crippen molar-refractivity contribution in [2.24, 2.45) is 0 Å². The van der Waals surface area contributed by atoms with Crippen molar-refractivity contribution in [3.63, 3.8) is 0 Å². The van der Waals surface area contributed by atoms with Crippen molar-refractivity contribution in [3.05, 3.63) is 28.7 Å². The van der Waals surface area contributed by atoms with Crippen molar-refractivity contribution in [1.82, 2.24) is 9.47 Å². The fourth-order valence-corrected chi connectivity index (χ4v) is 3.30. The number of aromatic nitrogens is 1.